The van der Waals surface area contributed by atoms with Crippen molar-refractivity contribution in [3.63, 3.8) is 0 Å². The lowest BCUT2D eigenvalue weighted by Gasteiger charge is -2.31. The molecule has 0 saturated heterocycles. The van der Waals surface area contributed by atoms with Crippen LogP contribution in [0.4, 0.5) is 5.69 Å². The van der Waals surface area contributed by atoms with Crippen molar-refractivity contribution in [2.24, 2.45) is 0 Å². The number of carbonyl (C=O) groups excluding carboxylic acids is 1. The van der Waals surface area contributed by atoms with Gasteiger partial charge in [-0.25, -0.2) is 0 Å². The highest BCUT2D eigenvalue weighted by Gasteiger charge is 2.15. The van der Waals surface area contributed by atoms with Crippen molar-refractivity contribution in [3.05, 3.63) is 64.7 Å². The number of hydrogen-bond donors (Lipinski definition) is 1. The summed E-state index contributed by atoms with van der Waals surface area (Å²) in [6.07, 6.45) is 3.35. The molecule has 126 valence electrons. The standard InChI is InChI=1S/C21H26N2O/c1-16-10-11-19(17(2)15-16)21(24)22-12-6-14-23-13-5-8-18-7-3-4-9-20(18)23/h3-4,7,9-11,15H,5-6,8,12-14H2,1-2H3,(H,22,24). The summed E-state index contributed by atoms with van der Waals surface area (Å²) in [6, 6.07) is 14.6. The molecule has 3 nitrogen and oxygen atoms in total. The Labute approximate surface area is 144 Å². The van der Waals surface area contributed by atoms with Crippen molar-refractivity contribution in [2.45, 2.75) is 33.1 Å². The Balaban J connectivity index is 1.50. The van der Waals surface area contributed by atoms with E-state index < -0.39 is 0 Å². The maximum absolute atomic E-state index is 12.3. The first-order chi connectivity index (χ1) is 11.6. The van der Waals surface area contributed by atoms with Gasteiger partial charge in [0.25, 0.3) is 5.91 Å². The highest BCUT2D eigenvalue weighted by Crippen LogP contribution is 2.26. The molecule has 0 atom stereocenters. The van der Waals surface area contributed by atoms with Crippen LogP contribution in [0.25, 0.3) is 0 Å². The highest BCUT2D eigenvalue weighted by atomic mass is 16.1. The van der Waals surface area contributed by atoms with E-state index in [2.05, 4.69) is 40.5 Å². The molecule has 0 spiro atoms. The molecule has 1 N–H and O–H groups in total. The zero-order valence-electron chi connectivity index (χ0n) is 14.6. The number of amides is 1. The number of nitrogens with zero attached hydrogens (tertiary/aromatic N) is 1. The van der Waals surface area contributed by atoms with Gasteiger partial charge in [0.2, 0.25) is 0 Å². The largest absolute Gasteiger partial charge is 0.371 e. The molecule has 1 heterocycles. The minimum Gasteiger partial charge on any atom is -0.371 e. The van der Waals surface area contributed by atoms with E-state index in [0.29, 0.717) is 6.54 Å². The molecule has 0 aliphatic carbocycles. The Kier molecular flexibility index (Phi) is 5.19. The van der Waals surface area contributed by atoms with Crippen LogP contribution in [0.1, 0.15) is 39.9 Å². The average molecular weight is 322 g/mol. The first-order valence-corrected chi connectivity index (χ1v) is 8.83. The van der Waals surface area contributed by atoms with E-state index in [1.807, 2.05) is 26.0 Å². The second kappa shape index (κ2) is 7.52. The van der Waals surface area contributed by atoms with Gasteiger partial charge in [-0.05, 0) is 56.4 Å². The van der Waals surface area contributed by atoms with E-state index >= 15 is 0 Å². The Bertz CT molecular complexity index is 724. The number of hydrogen-bond acceptors (Lipinski definition) is 2. The van der Waals surface area contributed by atoms with Gasteiger partial charge in [0.1, 0.15) is 0 Å². The lowest BCUT2D eigenvalue weighted by atomic mass is 10.0. The number of fused-ring (bicyclic) bond motifs is 1. The molecule has 0 fully saturated rings. The molecule has 3 rings (SSSR count). The first-order valence-electron chi connectivity index (χ1n) is 8.83. The van der Waals surface area contributed by atoms with Crippen LogP contribution >= 0.6 is 0 Å². The van der Waals surface area contributed by atoms with Crippen molar-refractivity contribution in [2.75, 3.05) is 24.5 Å². The highest BCUT2D eigenvalue weighted by molar-refractivity contribution is 5.95. The lowest BCUT2D eigenvalue weighted by Crippen LogP contribution is -2.33. The van der Waals surface area contributed by atoms with Crippen LogP contribution < -0.4 is 10.2 Å². The van der Waals surface area contributed by atoms with Crippen molar-refractivity contribution in [1.82, 2.24) is 5.32 Å². The van der Waals surface area contributed by atoms with E-state index in [9.17, 15) is 4.79 Å². The quantitative estimate of drug-likeness (QED) is 0.847. The van der Waals surface area contributed by atoms with Gasteiger partial charge in [-0.3, -0.25) is 4.79 Å². The van der Waals surface area contributed by atoms with Gasteiger partial charge in [0, 0.05) is 30.9 Å². The number of nitrogens with one attached hydrogen (secondary N) is 1. The van der Waals surface area contributed by atoms with Crippen LogP contribution in [-0.4, -0.2) is 25.5 Å². The van der Waals surface area contributed by atoms with Crippen molar-refractivity contribution in [1.29, 1.82) is 0 Å². The fourth-order valence-electron chi connectivity index (χ4n) is 3.48. The molecule has 1 aliphatic heterocycles. The lowest BCUT2D eigenvalue weighted by molar-refractivity contribution is 0.0953. The number of benzene rings is 2. The summed E-state index contributed by atoms with van der Waals surface area (Å²) < 4.78 is 0. The third-order valence-electron chi connectivity index (χ3n) is 4.72. The second-order valence-corrected chi connectivity index (χ2v) is 6.65. The molecule has 0 saturated carbocycles. The van der Waals surface area contributed by atoms with E-state index in [1.165, 1.54) is 29.7 Å². The van der Waals surface area contributed by atoms with Gasteiger partial charge in [0.15, 0.2) is 0 Å². The van der Waals surface area contributed by atoms with Crippen molar-refractivity contribution >= 4 is 11.6 Å². The summed E-state index contributed by atoms with van der Waals surface area (Å²) in [5.74, 6) is 0.0338. The van der Waals surface area contributed by atoms with E-state index in [-0.39, 0.29) is 5.91 Å². The second-order valence-electron chi connectivity index (χ2n) is 6.65. The zero-order chi connectivity index (χ0) is 16.9. The monoisotopic (exact) mass is 322 g/mol. The Morgan fingerprint density at radius 3 is 2.83 bits per heavy atom. The molecular weight excluding hydrogens is 296 g/mol. The van der Waals surface area contributed by atoms with Gasteiger partial charge in [-0.1, -0.05) is 35.9 Å². The van der Waals surface area contributed by atoms with Gasteiger partial charge in [-0.15, -0.1) is 0 Å². The normalized spacial score (nSPS) is 13.5. The van der Waals surface area contributed by atoms with Crippen molar-refractivity contribution < 1.29 is 4.79 Å². The summed E-state index contributed by atoms with van der Waals surface area (Å²) in [5, 5.41) is 3.06. The van der Waals surface area contributed by atoms with Crippen LogP contribution in [0.5, 0.6) is 0 Å². The predicted molar refractivity (Wildman–Crippen MR) is 99.8 cm³/mol. The minimum absolute atomic E-state index is 0.0338. The molecule has 24 heavy (non-hydrogen) atoms. The topological polar surface area (TPSA) is 32.3 Å². The third-order valence-corrected chi connectivity index (χ3v) is 4.72. The van der Waals surface area contributed by atoms with Crippen LogP contribution in [0, 0.1) is 13.8 Å². The molecule has 0 radical (unpaired) electrons. The van der Waals surface area contributed by atoms with Crippen molar-refractivity contribution in [3.8, 4) is 0 Å². The van der Waals surface area contributed by atoms with Crippen LogP contribution in [0.2, 0.25) is 0 Å². The van der Waals surface area contributed by atoms with Gasteiger partial charge in [0.05, 0.1) is 0 Å². The van der Waals surface area contributed by atoms with Gasteiger partial charge < -0.3 is 10.2 Å². The van der Waals surface area contributed by atoms with E-state index in [0.717, 1.165) is 30.6 Å². The molecule has 0 bridgehead atoms. The molecule has 0 aromatic heterocycles. The molecule has 1 aliphatic rings. The SMILES string of the molecule is Cc1ccc(C(=O)NCCCN2CCCc3ccccc32)c(C)c1. The van der Waals surface area contributed by atoms with E-state index in [4.69, 9.17) is 0 Å². The smallest absolute Gasteiger partial charge is 0.251 e. The van der Waals surface area contributed by atoms with E-state index in [1.54, 1.807) is 0 Å². The number of rotatable bonds is 5. The molecular formula is C21H26N2O. The summed E-state index contributed by atoms with van der Waals surface area (Å²) in [5.41, 5.74) is 5.82. The number of para-hydroxylation sites is 1. The maximum atomic E-state index is 12.3. The molecule has 2 aromatic rings. The van der Waals surface area contributed by atoms with Crippen LogP contribution in [-0.2, 0) is 6.42 Å². The Morgan fingerprint density at radius 2 is 2.00 bits per heavy atom. The summed E-state index contributed by atoms with van der Waals surface area (Å²) in [6.45, 7) is 6.86. The van der Waals surface area contributed by atoms with Gasteiger partial charge >= 0.3 is 0 Å². The zero-order valence-corrected chi connectivity index (χ0v) is 14.6. The third kappa shape index (κ3) is 3.78. The number of carbonyl (C=O) groups is 1. The molecule has 2 aromatic carbocycles. The molecule has 1 amide bonds. The molecule has 0 unspecified atom stereocenters. The number of aryl methyl sites for hydroxylation is 3. The Hall–Kier alpha value is -2.29. The fourth-order valence-corrected chi connectivity index (χ4v) is 3.48. The average Bonchev–Trinajstić information content (AvgIpc) is 2.58. The molecule has 3 heteroatoms. The minimum atomic E-state index is 0.0338. The number of anilines is 1. The summed E-state index contributed by atoms with van der Waals surface area (Å²) in [7, 11) is 0. The fraction of sp³-hybridized carbons (Fsp3) is 0.381. The summed E-state index contributed by atoms with van der Waals surface area (Å²) >= 11 is 0. The maximum Gasteiger partial charge on any atom is 0.251 e. The first kappa shape index (κ1) is 16.6. The Morgan fingerprint density at radius 1 is 1.17 bits per heavy atom. The summed E-state index contributed by atoms with van der Waals surface area (Å²) in [4.78, 5) is 14.7. The van der Waals surface area contributed by atoms with Crippen LogP contribution in [0.15, 0.2) is 42.5 Å². The van der Waals surface area contributed by atoms with Crippen LogP contribution in [0.3, 0.4) is 0 Å². The van der Waals surface area contributed by atoms with Gasteiger partial charge in [-0.2, -0.15) is 0 Å². The predicted octanol–water partition coefficient (Wildman–Crippen LogP) is 3.88.